The van der Waals surface area contributed by atoms with Crippen molar-refractivity contribution < 1.29 is 9.90 Å². The van der Waals surface area contributed by atoms with E-state index in [0.717, 1.165) is 16.2 Å². The molecule has 0 aliphatic heterocycles. The molecular weight excluding hydrogens is 270 g/mol. The number of aromatic carboxylic acids is 1. The van der Waals surface area contributed by atoms with Crippen LogP contribution in [0.2, 0.25) is 0 Å². The lowest BCUT2D eigenvalue weighted by Crippen LogP contribution is -2.02. The third kappa shape index (κ3) is 2.49. The van der Waals surface area contributed by atoms with Gasteiger partial charge in [-0.15, -0.1) is 11.3 Å². The standard InChI is InChI=1S/C13H12ClNO2S/c1-15-12-11(13(16)17)10(7-18-12)8-3-2-4-9(14)6-5-8/h2-3,5-7,15H,4H2,1H3,(H,16,17). The van der Waals surface area contributed by atoms with Gasteiger partial charge in [0.1, 0.15) is 10.6 Å². The van der Waals surface area contributed by atoms with Gasteiger partial charge >= 0.3 is 5.97 Å². The first-order chi connectivity index (χ1) is 8.63. The van der Waals surface area contributed by atoms with Crippen LogP contribution in [-0.4, -0.2) is 18.1 Å². The molecule has 0 radical (unpaired) electrons. The Morgan fingerprint density at radius 1 is 1.50 bits per heavy atom. The van der Waals surface area contributed by atoms with Gasteiger partial charge in [-0.2, -0.15) is 0 Å². The normalized spacial score (nSPS) is 14.8. The number of nitrogens with one attached hydrogen (secondary N) is 1. The Morgan fingerprint density at radius 2 is 2.28 bits per heavy atom. The van der Waals surface area contributed by atoms with Crippen LogP contribution in [0.3, 0.4) is 0 Å². The van der Waals surface area contributed by atoms with E-state index in [1.54, 1.807) is 13.1 Å². The third-order valence-electron chi connectivity index (χ3n) is 2.60. The van der Waals surface area contributed by atoms with Gasteiger partial charge in [0.15, 0.2) is 0 Å². The first kappa shape index (κ1) is 12.9. The van der Waals surface area contributed by atoms with E-state index < -0.39 is 5.97 Å². The summed E-state index contributed by atoms with van der Waals surface area (Å²) in [6.07, 6.45) is 8.16. The molecule has 0 amide bonds. The van der Waals surface area contributed by atoms with E-state index in [0.29, 0.717) is 17.0 Å². The monoisotopic (exact) mass is 281 g/mol. The Balaban J connectivity index is 2.52. The summed E-state index contributed by atoms with van der Waals surface area (Å²) in [5, 5.41) is 15.4. The van der Waals surface area contributed by atoms with Crippen molar-refractivity contribution >= 4 is 39.5 Å². The van der Waals surface area contributed by atoms with Crippen LogP contribution in [0.1, 0.15) is 22.3 Å². The van der Waals surface area contributed by atoms with Crippen molar-refractivity contribution in [2.75, 3.05) is 12.4 Å². The Kier molecular flexibility index (Phi) is 3.89. The van der Waals surface area contributed by atoms with E-state index >= 15 is 0 Å². The Hall–Kier alpha value is -1.52. The zero-order chi connectivity index (χ0) is 13.1. The zero-order valence-electron chi connectivity index (χ0n) is 9.74. The van der Waals surface area contributed by atoms with Gasteiger partial charge in [-0.3, -0.25) is 0 Å². The molecule has 0 aromatic carbocycles. The van der Waals surface area contributed by atoms with Crippen LogP contribution in [0.25, 0.3) is 5.57 Å². The molecule has 1 aromatic heterocycles. The van der Waals surface area contributed by atoms with Crippen molar-refractivity contribution in [2.45, 2.75) is 6.42 Å². The van der Waals surface area contributed by atoms with E-state index in [4.69, 9.17) is 11.6 Å². The highest BCUT2D eigenvalue weighted by Gasteiger charge is 2.19. The molecule has 5 heteroatoms. The first-order valence-electron chi connectivity index (χ1n) is 5.39. The molecule has 1 aliphatic rings. The van der Waals surface area contributed by atoms with E-state index in [2.05, 4.69) is 5.32 Å². The van der Waals surface area contributed by atoms with Gasteiger partial charge in [0.2, 0.25) is 0 Å². The minimum absolute atomic E-state index is 0.310. The van der Waals surface area contributed by atoms with Crippen molar-refractivity contribution in [2.24, 2.45) is 0 Å². The second kappa shape index (κ2) is 5.42. The minimum Gasteiger partial charge on any atom is -0.478 e. The smallest absolute Gasteiger partial charge is 0.339 e. The summed E-state index contributed by atoms with van der Waals surface area (Å²) in [6.45, 7) is 0. The van der Waals surface area contributed by atoms with Gasteiger partial charge in [-0.25, -0.2) is 4.79 Å². The molecule has 0 saturated carbocycles. The summed E-state index contributed by atoms with van der Waals surface area (Å²) in [6, 6.07) is 0. The lowest BCUT2D eigenvalue weighted by Gasteiger charge is -2.03. The number of thiophene rings is 1. The lowest BCUT2D eigenvalue weighted by molar-refractivity contribution is 0.0698. The van der Waals surface area contributed by atoms with Crippen molar-refractivity contribution in [1.29, 1.82) is 0 Å². The average molecular weight is 282 g/mol. The van der Waals surface area contributed by atoms with Crippen molar-refractivity contribution in [3.63, 3.8) is 0 Å². The number of halogens is 1. The maximum atomic E-state index is 11.3. The van der Waals surface area contributed by atoms with Crippen LogP contribution in [-0.2, 0) is 0 Å². The van der Waals surface area contributed by atoms with Gasteiger partial charge in [0.25, 0.3) is 0 Å². The quantitative estimate of drug-likeness (QED) is 0.882. The summed E-state index contributed by atoms with van der Waals surface area (Å²) in [7, 11) is 1.72. The van der Waals surface area contributed by atoms with Gasteiger partial charge in [-0.1, -0.05) is 29.8 Å². The molecule has 0 spiro atoms. The maximum Gasteiger partial charge on any atom is 0.339 e. The summed E-state index contributed by atoms with van der Waals surface area (Å²) < 4.78 is 0. The van der Waals surface area contributed by atoms with Crippen molar-refractivity contribution in [3.8, 4) is 0 Å². The Bertz CT molecular complexity index is 570. The van der Waals surface area contributed by atoms with Gasteiger partial charge < -0.3 is 10.4 Å². The van der Waals surface area contributed by atoms with Crippen LogP contribution in [0.4, 0.5) is 5.00 Å². The fraction of sp³-hybridized carbons (Fsp3) is 0.154. The number of hydrogen-bond donors (Lipinski definition) is 2. The van der Waals surface area contributed by atoms with E-state index in [9.17, 15) is 9.90 Å². The van der Waals surface area contributed by atoms with Crippen LogP contribution in [0.5, 0.6) is 0 Å². The fourth-order valence-corrected chi connectivity index (χ4v) is 2.82. The molecule has 0 saturated heterocycles. The number of carboxylic acids is 1. The molecule has 1 heterocycles. The molecule has 3 nitrogen and oxygen atoms in total. The Labute approximate surface area is 114 Å². The number of hydrogen-bond acceptors (Lipinski definition) is 3. The number of allylic oxidation sites excluding steroid dienone is 6. The molecule has 94 valence electrons. The maximum absolute atomic E-state index is 11.3. The summed E-state index contributed by atoms with van der Waals surface area (Å²) in [5.41, 5.74) is 1.89. The summed E-state index contributed by atoms with van der Waals surface area (Å²) >= 11 is 7.33. The van der Waals surface area contributed by atoms with E-state index in [1.807, 2.05) is 23.6 Å². The molecule has 0 atom stereocenters. The molecule has 0 bridgehead atoms. The van der Waals surface area contributed by atoms with Crippen LogP contribution in [0, 0.1) is 0 Å². The lowest BCUT2D eigenvalue weighted by atomic mass is 10.0. The highest BCUT2D eigenvalue weighted by atomic mass is 35.5. The number of carboxylic acid groups (broad SMARTS) is 1. The van der Waals surface area contributed by atoms with Crippen LogP contribution in [0.15, 0.2) is 34.7 Å². The predicted molar refractivity (Wildman–Crippen MR) is 76.5 cm³/mol. The van der Waals surface area contributed by atoms with E-state index in [-0.39, 0.29) is 0 Å². The topological polar surface area (TPSA) is 49.3 Å². The summed E-state index contributed by atoms with van der Waals surface area (Å²) in [5.74, 6) is -0.927. The predicted octanol–water partition coefficient (Wildman–Crippen LogP) is 3.95. The second-order valence-electron chi connectivity index (χ2n) is 3.75. The summed E-state index contributed by atoms with van der Waals surface area (Å²) in [4.78, 5) is 11.3. The number of anilines is 1. The average Bonchev–Trinajstić information content (AvgIpc) is 2.66. The zero-order valence-corrected chi connectivity index (χ0v) is 11.3. The second-order valence-corrected chi connectivity index (χ2v) is 5.12. The fourth-order valence-electron chi connectivity index (χ4n) is 1.75. The third-order valence-corrected chi connectivity index (χ3v) is 3.87. The molecule has 1 aliphatic carbocycles. The highest BCUT2D eigenvalue weighted by molar-refractivity contribution is 7.14. The van der Waals surface area contributed by atoms with Crippen molar-refractivity contribution in [3.05, 3.63) is 45.8 Å². The van der Waals surface area contributed by atoms with E-state index in [1.165, 1.54) is 11.3 Å². The largest absolute Gasteiger partial charge is 0.478 e. The number of carbonyl (C=O) groups is 1. The van der Waals surface area contributed by atoms with Gasteiger partial charge in [0, 0.05) is 29.4 Å². The molecule has 0 unspecified atom stereocenters. The SMILES string of the molecule is CNc1scc(C2=CC=C(Cl)CC=C2)c1C(=O)O. The molecular formula is C13H12ClNO2S. The first-order valence-corrected chi connectivity index (χ1v) is 6.65. The van der Waals surface area contributed by atoms with Crippen LogP contribution < -0.4 is 5.32 Å². The molecule has 0 fully saturated rings. The number of rotatable bonds is 3. The molecule has 1 aromatic rings. The van der Waals surface area contributed by atoms with Gasteiger partial charge in [-0.05, 0) is 11.6 Å². The minimum atomic E-state index is -0.927. The Morgan fingerprint density at radius 3 is 2.94 bits per heavy atom. The van der Waals surface area contributed by atoms with Crippen LogP contribution >= 0.6 is 22.9 Å². The van der Waals surface area contributed by atoms with Gasteiger partial charge in [0.05, 0.1) is 0 Å². The molecule has 18 heavy (non-hydrogen) atoms. The van der Waals surface area contributed by atoms with Crippen molar-refractivity contribution in [1.82, 2.24) is 0 Å². The highest BCUT2D eigenvalue weighted by Crippen LogP contribution is 2.34. The molecule has 2 rings (SSSR count). The molecule has 2 N–H and O–H groups in total.